The first-order valence-corrected chi connectivity index (χ1v) is 9.37. The Kier molecular flexibility index (Phi) is 4.23. The first-order chi connectivity index (χ1) is 11.8. The molecule has 0 bridgehead atoms. The van der Waals surface area contributed by atoms with Crippen molar-refractivity contribution >= 4 is 23.1 Å². The number of hydrogen-bond donors (Lipinski definition) is 0. The Morgan fingerprint density at radius 1 is 1.25 bits per heavy atom. The minimum atomic E-state index is 0.778. The van der Waals surface area contributed by atoms with E-state index in [0.29, 0.717) is 0 Å². The molecule has 0 saturated carbocycles. The molecular weight excluding hydrogens is 338 g/mol. The fourth-order valence-corrected chi connectivity index (χ4v) is 4.15. The zero-order chi connectivity index (χ0) is 16.4. The van der Waals surface area contributed by atoms with Crippen molar-refractivity contribution in [3.05, 3.63) is 71.7 Å². The zero-order valence-electron chi connectivity index (χ0n) is 13.0. The summed E-state index contributed by atoms with van der Waals surface area (Å²) in [5, 5.41) is 3.95. The van der Waals surface area contributed by atoms with E-state index in [1.165, 1.54) is 5.56 Å². The second-order valence-electron chi connectivity index (χ2n) is 5.33. The molecule has 0 saturated heterocycles. The van der Waals surface area contributed by atoms with Crippen LogP contribution in [0, 0.1) is 6.92 Å². The number of rotatable bonds is 5. The maximum atomic E-state index is 5.40. The van der Waals surface area contributed by atoms with Gasteiger partial charge in [-0.05, 0) is 36.8 Å². The van der Waals surface area contributed by atoms with Crippen molar-refractivity contribution in [2.75, 3.05) is 0 Å². The van der Waals surface area contributed by atoms with E-state index in [4.69, 9.17) is 4.42 Å². The third kappa shape index (κ3) is 3.16. The second kappa shape index (κ2) is 6.67. The molecule has 6 heteroatoms. The largest absolute Gasteiger partial charge is 0.462 e. The van der Waals surface area contributed by atoms with Gasteiger partial charge in [0.1, 0.15) is 0 Å². The summed E-state index contributed by atoms with van der Waals surface area (Å²) in [6.45, 7) is 2.10. The molecule has 0 radical (unpaired) electrons. The van der Waals surface area contributed by atoms with E-state index in [-0.39, 0.29) is 0 Å². The fraction of sp³-hybridized carbons (Fsp3) is 0.111. The number of furan rings is 1. The van der Waals surface area contributed by atoms with Gasteiger partial charge in [0.15, 0.2) is 15.9 Å². The number of benzene rings is 1. The summed E-state index contributed by atoms with van der Waals surface area (Å²) in [5.74, 6) is 1.59. The first-order valence-electron chi connectivity index (χ1n) is 7.51. The predicted octanol–water partition coefficient (Wildman–Crippen LogP) is 5.19. The van der Waals surface area contributed by atoms with E-state index in [0.717, 1.165) is 33.1 Å². The number of hydrogen-bond acceptors (Lipinski definition) is 5. The van der Waals surface area contributed by atoms with Crippen LogP contribution in [0.25, 0.3) is 16.5 Å². The summed E-state index contributed by atoms with van der Waals surface area (Å²) in [7, 11) is 0. The Labute approximate surface area is 148 Å². The summed E-state index contributed by atoms with van der Waals surface area (Å²) >= 11 is 3.29. The van der Waals surface area contributed by atoms with Crippen molar-refractivity contribution < 1.29 is 4.42 Å². The van der Waals surface area contributed by atoms with Gasteiger partial charge in [-0.25, -0.2) is 9.97 Å². The lowest BCUT2D eigenvalue weighted by Gasteiger charge is -2.07. The van der Waals surface area contributed by atoms with Gasteiger partial charge in [-0.15, -0.1) is 11.3 Å². The highest BCUT2D eigenvalue weighted by atomic mass is 32.2. The molecule has 0 aliphatic rings. The van der Waals surface area contributed by atoms with Gasteiger partial charge in [0.2, 0.25) is 0 Å². The lowest BCUT2D eigenvalue weighted by molar-refractivity contribution is 0.581. The van der Waals surface area contributed by atoms with Crippen molar-refractivity contribution in [2.45, 2.75) is 17.8 Å². The SMILES string of the molecule is Cc1cccc(-n2ccnc2SCc2csc(-c3ccco3)n2)c1. The molecule has 3 aromatic heterocycles. The van der Waals surface area contributed by atoms with Gasteiger partial charge in [-0.3, -0.25) is 4.57 Å². The van der Waals surface area contributed by atoms with Gasteiger partial charge < -0.3 is 4.42 Å². The molecular formula is C18H15N3OS2. The maximum Gasteiger partial charge on any atom is 0.172 e. The topological polar surface area (TPSA) is 43.9 Å². The molecule has 0 spiro atoms. The van der Waals surface area contributed by atoms with Crippen molar-refractivity contribution in [1.29, 1.82) is 0 Å². The molecule has 0 amide bonds. The number of thioether (sulfide) groups is 1. The second-order valence-corrected chi connectivity index (χ2v) is 7.13. The molecule has 4 rings (SSSR count). The molecule has 0 fully saturated rings. The monoisotopic (exact) mass is 353 g/mol. The number of nitrogens with zero attached hydrogens (tertiary/aromatic N) is 3. The van der Waals surface area contributed by atoms with Gasteiger partial charge in [-0.2, -0.15) is 0 Å². The number of aryl methyl sites for hydroxylation is 1. The Balaban J connectivity index is 1.50. The normalized spacial score (nSPS) is 11.0. The van der Waals surface area contributed by atoms with Crippen LogP contribution in [0.3, 0.4) is 0 Å². The lowest BCUT2D eigenvalue weighted by Crippen LogP contribution is -1.95. The highest BCUT2D eigenvalue weighted by Gasteiger charge is 2.10. The van der Waals surface area contributed by atoms with Crippen LogP contribution in [-0.4, -0.2) is 14.5 Å². The van der Waals surface area contributed by atoms with Gasteiger partial charge in [0.05, 0.1) is 12.0 Å². The molecule has 24 heavy (non-hydrogen) atoms. The molecule has 120 valence electrons. The van der Waals surface area contributed by atoms with Crippen LogP contribution in [0.5, 0.6) is 0 Å². The minimum Gasteiger partial charge on any atom is -0.462 e. The van der Waals surface area contributed by atoms with E-state index < -0.39 is 0 Å². The van der Waals surface area contributed by atoms with Crippen molar-refractivity contribution in [2.24, 2.45) is 0 Å². The van der Waals surface area contributed by atoms with Gasteiger partial charge in [0, 0.05) is 29.2 Å². The summed E-state index contributed by atoms with van der Waals surface area (Å²) in [6, 6.07) is 12.2. The van der Waals surface area contributed by atoms with Crippen LogP contribution in [0.2, 0.25) is 0 Å². The number of thiazole rings is 1. The van der Waals surface area contributed by atoms with Gasteiger partial charge >= 0.3 is 0 Å². The van der Waals surface area contributed by atoms with E-state index >= 15 is 0 Å². The minimum absolute atomic E-state index is 0.778. The first kappa shape index (κ1) is 15.2. The maximum absolute atomic E-state index is 5.40. The number of imidazole rings is 1. The van der Waals surface area contributed by atoms with Crippen LogP contribution in [0.15, 0.2) is 70.0 Å². The van der Waals surface area contributed by atoms with Crippen LogP contribution in [0.1, 0.15) is 11.3 Å². The van der Waals surface area contributed by atoms with Crippen molar-refractivity contribution in [1.82, 2.24) is 14.5 Å². The molecule has 3 heterocycles. The average molecular weight is 353 g/mol. The summed E-state index contributed by atoms with van der Waals surface area (Å²) in [6.07, 6.45) is 5.50. The lowest BCUT2D eigenvalue weighted by atomic mass is 10.2. The van der Waals surface area contributed by atoms with Crippen LogP contribution in [0.4, 0.5) is 0 Å². The smallest absolute Gasteiger partial charge is 0.172 e. The van der Waals surface area contributed by atoms with E-state index in [1.54, 1.807) is 29.4 Å². The van der Waals surface area contributed by atoms with Crippen molar-refractivity contribution in [3.63, 3.8) is 0 Å². The Morgan fingerprint density at radius 3 is 3.04 bits per heavy atom. The van der Waals surface area contributed by atoms with Crippen LogP contribution in [-0.2, 0) is 5.75 Å². The zero-order valence-corrected chi connectivity index (χ0v) is 14.7. The third-order valence-corrected chi connectivity index (χ3v) is 5.43. The van der Waals surface area contributed by atoms with E-state index in [1.807, 2.05) is 24.5 Å². The Hall–Kier alpha value is -2.31. The average Bonchev–Trinajstić information content (AvgIpc) is 3.33. The molecule has 0 unspecified atom stereocenters. The number of aromatic nitrogens is 3. The highest BCUT2D eigenvalue weighted by Crippen LogP contribution is 2.28. The molecule has 0 aliphatic heterocycles. The van der Waals surface area contributed by atoms with E-state index in [2.05, 4.69) is 51.1 Å². The van der Waals surface area contributed by atoms with E-state index in [9.17, 15) is 0 Å². The summed E-state index contributed by atoms with van der Waals surface area (Å²) < 4.78 is 7.50. The summed E-state index contributed by atoms with van der Waals surface area (Å²) in [5.41, 5.74) is 3.40. The molecule has 0 aliphatic carbocycles. The Bertz CT molecular complexity index is 941. The fourth-order valence-electron chi connectivity index (χ4n) is 2.40. The Morgan fingerprint density at radius 2 is 2.21 bits per heavy atom. The summed E-state index contributed by atoms with van der Waals surface area (Å²) in [4.78, 5) is 9.11. The quantitative estimate of drug-likeness (QED) is 0.463. The highest BCUT2D eigenvalue weighted by molar-refractivity contribution is 7.98. The molecule has 0 atom stereocenters. The molecule has 4 nitrogen and oxygen atoms in total. The molecule has 4 aromatic rings. The molecule has 1 aromatic carbocycles. The predicted molar refractivity (Wildman–Crippen MR) is 97.7 cm³/mol. The van der Waals surface area contributed by atoms with Crippen LogP contribution >= 0.6 is 23.1 Å². The van der Waals surface area contributed by atoms with Crippen molar-refractivity contribution in [3.8, 4) is 16.5 Å². The standard InChI is InChI=1S/C18H15N3OS2/c1-13-4-2-5-15(10-13)21-8-7-19-18(21)24-12-14-11-23-17(20-14)16-6-3-9-22-16/h2-11H,12H2,1H3. The third-order valence-electron chi connectivity index (χ3n) is 3.52. The van der Waals surface area contributed by atoms with Gasteiger partial charge in [0.25, 0.3) is 0 Å². The molecule has 0 N–H and O–H groups in total. The van der Waals surface area contributed by atoms with Gasteiger partial charge in [-0.1, -0.05) is 23.9 Å². The van der Waals surface area contributed by atoms with Crippen LogP contribution < -0.4 is 0 Å².